The van der Waals surface area contributed by atoms with Crippen molar-refractivity contribution >= 4 is 15.9 Å². The first-order valence-corrected chi connectivity index (χ1v) is 7.89. The largest absolute Gasteiger partial charge is 0.378 e. The van der Waals surface area contributed by atoms with Crippen molar-refractivity contribution in [3.63, 3.8) is 0 Å². The maximum atomic E-state index is 5.97. The lowest BCUT2D eigenvalue weighted by atomic mass is 9.82. The number of hydrogen-bond acceptors (Lipinski definition) is 2. The van der Waals surface area contributed by atoms with Gasteiger partial charge in [-0.05, 0) is 37.5 Å². The first-order valence-electron chi connectivity index (χ1n) is 6.97. The van der Waals surface area contributed by atoms with Crippen LogP contribution in [0.1, 0.15) is 46.0 Å². The summed E-state index contributed by atoms with van der Waals surface area (Å²) in [6.07, 6.45) is 6.17. The molecule has 2 heterocycles. The average Bonchev–Trinajstić information content (AvgIpc) is 2.74. The first-order chi connectivity index (χ1) is 8.11. The van der Waals surface area contributed by atoms with Gasteiger partial charge in [0.2, 0.25) is 0 Å². The van der Waals surface area contributed by atoms with E-state index in [2.05, 4.69) is 29.8 Å². The molecule has 2 aliphatic heterocycles. The minimum atomic E-state index is 0.0859. The molecule has 0 bridgehead atoms. The number of alkyl halides is 1. The van der Waals surface area contributed by atoms with Crippen LogP contribution in [0.4, 0.5) is 0 Å². The molecule has 17 heavy (non-hydrogen) atoms. The minimum Gasteiger partial charge on any atom is -0.378 e. The molecule has 0 aromatic heterocycles. The Morgan fingerprint density at radius 3 is 2.82 bits per heavy atom. The minimum absolute atomic E-state index is 0.0859. The zero-order valence-electron chi connectivity index (χ0n) is 11.1. The molecule has 2 fully saturated rings. The average molecular weight is 305 g/mol. The van der Waals surface area contributed by atoms with E-state index in [4.69, 9.17) is 9.47 Å². The summed E-state index contributed by atoms with van der Waals surface area (Å²) in [5, 5.41) is 0. The van der Waals surface area contributed by atoms with E-state index in [1.54, 1.807) is 0 Å². The van der Waals surface area contributed by atoms with Crippen molar-refractivity contribution in [2.75, 3.05) is 19.8 Å². The number of hydrogen-bond donors (Lipinski definition) is 0. The molecule has 2 rings (SSSR count). The predicted octanol–water partition coefficient (Wildman–Crippen LogP) is 3.77. The van der Waals surface area contributed by atoms with Gasteiger partial charge in [-0.1, -0.05) is 29.8 Å². The van der Waals surface area contributed by atoms with Crippen molar-refractivity contribution in [1.82, 2.24) is 0 Å². The normalized spacial score (nSPS) is 35.6. The van der Waals surface area contributed by atoms with Crippen LogP contribution in [0, 0.1) is 11.8 Å². The van der Waals surface area contributed by atoms with E-state index in [9.17, 15) is 0 Å². The van der Waals surface area contributed by atoms with Crippen LogP contribution in [0.3, 0.4) is 0 Å². The SMILES string of the molecule is CC(C)C(Br)CCC1CCOC2(CCOC2)C1. The molecule has 3 unspecified atom stereocenters. The topological polar surface area (TPSA) is 18.5 Å². The van der Waals surface area contributed by atoms with Crippen molar-refractivity contribution in [2.45, 2.75) is 56.4 Å². The van der Waals surface area contributed by atoms with Gasteiger partial charge in [-0.15, -0.1) is 0 Å². The second-order valence-corrected chi connectivity index (χ2v) is 7.21. The Balaban J connectivity index is 1.77. The van der Waals surface area contributed by atoms with Crippen molar-refractivity contribution in [3.8, 4) is 0 Å². The molecule has 2 aliphatic rings. The van der Waals surface area contributed by atoms with E-state index in [0.717, 1.165) is 38.1 Å². The predicted molar refractivity (Wildman–Crippen MR) is 73.6 cm³/mol. The lowest BCUT2D eigenvalue weighted by molar-refractivity contribution is -0.0990. The summed E-state index contributed by atoms with van der Waals surface area (Å²) >= 11 is 3.79. The van der Waals surface area contributed by atoms with E-state index >= 15 is 0 Å². The van der Waals surface area contributed by atoms with Gasteiger partial charge in [0.25, 0.3) is 0 Å². The molecular weight excluding hydrogens is 280 g/mol. The highest BCUT2D eigenvalue weighted by Crippen LogP contribution is 2.38. The van der Waals surface area contributed by atoms with Crippen molar-refractivity contribution in [2.24, 2.45) is 11.8 Å². The van der Waals surface area contributed by atoms with Crippen LogP contribution in [-0.2, 0) is 9.47 Å². The molecule has 1 spiro atoms. The van der Waals surface area contributed by atoms with Gasteiger partial charge in [0, 0.05) is 24.5 Å². The molecule has 0 radical (unpaired) electrons. The first kappa shape index (κ1) is 13.8. The van der Waals surface area contributed by atoms with E-state index in [1.807, 2.05) is 0 Å². The van der Waals surface area contributed by atoms with Crippen LogP contribution in [-0.4, -0.2) is 30.2 Å². The summed E-state index contributed by atoms with van der Waals surface area (Å²) in [5.74, 6) is 1.57. The van der Waals surface area contributed by atoms with E-state index in [0.29, 0.717) is 4.83 Å². The van der Waals surface area contributed by atoms with Crippen LogP contribution in [0.15, 0.2) is 0 Å². The van der Waals surface area contributed by atoms with Crippen molar-refractivity contribution < 1.29 is 9.47 Å². The lowest BCUT2D eigenvalue weighted by Gasteiger charge is -2.37. The number of halogens is 1. The van der Waals surface area contributed by atoms with E-state index in [1.165, 1.54) is 25.7 Å². The van der Waals surface area contributed by atoms with Crippen molar-refractivity contribution in [3.05, 3.63) is 0 Å². The second-order valence-electron chi connectivity index (χ2n) is 6.03. The van der Waals surface area contributed by atoms with Gasteiger partial charge in [-0.2, -0.15) is 0 Å². The molecule has 0 aromatic carbocycles. The molecule has 2 saturated heterocycles. The van der Waals surface area contributed by atoms with Crippen molar-refractivity contribution in [1.29, 1.82) is 0 Å². The standard InChI is InChI=1S/C14H25BrO2/c1-11(2)13(15)4-3-12-5-7-17-14(9-12)6-8-16-10-14/h11-13H,3-10H2,1-2H3. The van der Waals surface area contributed by atoms with Gasteiger partial charge in [0.1, 0.15) is 0 Å². The van der Waals surface area contributed by atoms with Crippen LogP contribution in [0.2, 0.25) is 0 Å². The Bertz CT molecular complexity index is 236. The fraction of sp³-hybridized carbons (Fsp3) is 1.00. The van der Waals surface area contributed by atoms with Gasteiger partial charge >= 0.3 is 0 Å². The van der Waals surface area contributed by atoms with Gasteiger partial charge in [0.05, 0.1) is 12.2 Å². The molecule has 100 valence electrons. The van der Waals surface area contributed by atoms with Crippen LogP contribution < -0.4 is 0 Å². The third-order valence-corrected chi connectivity index (χ3v) is 5.75. The maximum absolute atomic E-state index is 5.97. The maximum Gasteiger partial charge on any atom is 0.0939 e. The molecule has 0 aromatic rings. The summed E-state index contributed by atoms with van der Waals surface area (Å²) < 4.78 is 11.5. The lowest BCUT2D eigenvalue weighted by Crippen LogP contribution is -2.40. The van der Waals surface area contributed by atoms with Crippen LogP contribution >= 0.6 is 15.9 Å². The Labute approximate surface area is 114 Å². The van der Waals surface area contributed by atoms with Gasteiger partial charge < -0.3 is 9.47 Å². The highest BCUT2D eigenvalue weighted by Gasteiger charge is 2.40. The highest BCUT2D eigenvalue weighted by molar-refractivity contribution is 9.09. The molecule has 0 amide bonds. The Hall–Kier alpha value is 0.400. The number of ether oxygens (including phenoxy) is 2. The fourth-order valence-electron chi connectivity index (χ4n) is 2.97. The summed E-state index contributed by atoms with van der Waals surface area (Å²) in [5.41, 5.74) is 0.0859. The van der Waals surface area contributed by atoms with Gasteiger partial charge in [0.15, 0.2) is 0 Å². The third kappa shape index (κ3) is 3.68. The van der Waals surface area contributed by atoms with Gasteiger partial charge in [-0.25, -0.2) is 0 Å². The smallest absolute Gasteiger partial charge is 0.0939 e. The highest BCUT2D eigenvalue weighted by atomic mass is 79.9. The van der Waals surface area contributed by atoms with Crippen LogP contribution in [0.5, 0.6) is 0 Å². The molecule has 0 aliphatic carbocycles. The summed E-state index contributed by atoms with van der Waals surface area (Å²) in [7, 11) is 0. The van der Waals surface area contributed by atoms with E-state index < -0.39 is 0 Å². The monoisotopic (exact) mass is 304 g/mol. The van der Waals surface area contributed by atoms with Gasteiger partial charge in [-0.3, -0.25) is 0 Å². The second kappa shape index (κ2) is 6.03. The summed E-state index contributed by atoms with van der Waals surface area (Å²) in [4.78, 5) is 0.668. The molecule has 3 heteroatoms. The molecule has 3 atom stereocenters. The van der Waals surface area contributed by atoms with E-state index in [-0.39, 0.29) is 5.60 Å². The quantitative estimate of drug-likeness (QED) is 0.736. The molecular formula is C14H25BrO2. The molecule has 0 saturated carbocycles. The molecule has 0 N–H and O–H groups in total. The third-order valence-electron chi connectivity index (χ3n) is 4.24. The number of rotatable bonds is 4. The summed E-state index contributed by atoms with van der Waals surface area (Å²) in [6, 6.07) is 0. The van der Waals surface area contributed by atoms with Crippen LogP contribution in [0.25, 0.3) is 0 Å². The Morgan fingerprint density at radius 1 is 1.35 bits per heavy atom. The summed E-state index contributed by atoms with van der Waals surface area (Å²) in [6.45, 7) is 7.22. The Morgan fingerprint density at radius 2 is 2.18 bits per heavy atom. The zero-order chi connectivity index (χ0) is 12.3. The zero-order valence-corrected chi connectivity index (χ0v) is 12.7. The fourth-order valence-corrected chi connectivity index (χ4v) is 3.23. The molecule has 2 nitrogen and oxygen atoms in total. The Kier molecular flexibility index (Phi) is 4.90.